The Bertz CT molecular complexity index is 911. The fourth-order valence-corrected chi connectivity index (χ4v) is 3.49. The van der Waals surface area contributed by atoms with Crippen LogP contribution >= 0.6 is 0 Å². The van der Waals surface area contributed by atoms with Crippen LogP contribution in [0.15, 0.2) is 24.6 Å². The molecule has 2 fully saturated rings. The van der Waals surface area contributed by atoms with Gasteiger partial charge in [0.1, 0.15) is 5.82 Å². The highest BCUT2D eigenvalue weighted by atomic mass is 19.3. The second kappa shape index (κ2) is 8.16. The molecule has 0 spiro atoms. The summed E-state index contributed by atoms with van der Waals surface area (Å²) >= 11 is 0. The van der Waals surface area contributed by atoms with E-state index < -0.39 is 6.61 Å². The van der Waals surface area contributed by atoms with E-state index in [1.54, 1.807) is 12.1 Å². The number of morpholine rings is 1. The van der Waals surface area contributed by atoms with Crippen LogP contribution in [0.4, 0.5) is 20.4 Å². The Hall–Kier alpha value is -3.01. The van der Waals surface area contributed by atoms with Gasteiger partial charge in [-0.25, -0.2) is 15.0 Å². The Balaban J connectivity index is 1.72. The topological polar surface area (TPSA) is 95.6 Å². The lowest BCUT2D eigenvalue weighted by molar-refractivity contribution is -0.0494. The zero-order chi connectivity index (χ0) is 20.4. The standard InChI is InChI=1S/C19H21F2N5O3/c1-2-27-4-3-16-24-14(11-5-15(29-19(20)21)18(22)23-8-11)7-17(25-16)26-9-13-6-12(26)10-28-13/h3-5,7-8,12-13,19H,2,6,9-10H2,1H3,(H2,22,23)/t12-,13-/m0/s1. The fraction of sp³-hybridized carbons (Fsp3) is 0.421. The highest BCUT2D eigenvalue weighted by Gasteiger charge is 2.39. The predicted octanol–water partition coefficient (Wildman–Crippen LogP) is 2.71. The summed E-state index contributed by atoms with van der Waals surface area (Å²) in [5.74, 6) is 0.851. The van der Waals surface area contributed by atoms with E-state index in [1.807, 2.05) is 6.92 Å². The molecule has 29 heavy (non-hydrogen) atoms. The van der Waals surface area contributed by atoms with E-state index in [1.165, 1.54) is 18.5 Å². The third-order valence-electron chi connectivity index (χ3n) is 4.80. The number of pyridine rings is 1. The van der Waals surface area contributed by atoms with Crippen molar-refractivity contribution in [3.05, 3.63) is 30.4 Å². The van der Waals surface area contributed by atoms with E-state index >= 15 is 0 Å². The lowest BCUT2D eigenvalue weighted by Gasteiger charge is -2.28. The maximum absolute atomic E-state index is 12.7. The SMILES string of the molecule is CCOC=Cc1nc(-c2cnc(N)c(OC(F)F)c2)cc(N2C[C@@H]3C[C@H]2CO3)n1. The number of nitrogens with two attached hydrogens (primary N) is 1. The fourth-order valence-electron chi connectivity index (χ4n) is 3.49. The molecule has 2 aromatic heterocycles. The normalized spacial score (nSPS) is 20.8. The Kier molecular flexibility index (Phi) is 5.43. The molecule has 4 rings (SSSR count). The number of halogens is 2. The van der Waals surface area contributed by atoms with Gasteiger partial charge in [-0.3, -0.25) is 0 Å². The van der Waals surface area contributed by atoms with Crippen molar-refractivity contribution in [2.75, 3.05) is 30.4 Å². The number of ether oxygens (including phenoxy) is 3. The molecule has 2 bridgehead atoms. The summed E-state index contributed by atoms with van der Waals surface area (Å²) in [6.45, 7) is 0.796. The van der Waals surface area contributed by atoms with Crippen LogP contribution in [0.2, 0.25) is 0 Å². The molecule has 2 aliphatic rings. The predicted molar refractivity (Wildman–Crippen MR) is 102 cm³/mol. The minimum Gasteiger partial charge on any atom is -0.501 e. The van der Waals surface area contributed by atoms with Crippen molar-refractivity contribution in [3.8, 4) is 17.0 Å². The second-order valence-corrected chi connectivity index (χ2v) is 6.71. The first-order chi connectivity index (χ1) is 14.0. The van der Waals surface area contributed by atoms with Crippen LogP contribution in [0.5, 0.6) is 5.75 Å². The summed E-state index contributed by atoms with van der Waals surface area (Å²) in [6, 6.07) is 3.46. The summed E-state index contributed by atoms with van der Waals surface area (Å²) in [5, 5.41) is 0. The monoisotopic (exact) mass is 405 g/mol. The molecule has 0 saturated carbocycles. The minimum absolute atomic E-state index is 0.117. The quantitative estimate of drug-likeness (QED) is 0.703. The molecular formula is C19H21F2N5O3. The van der Waals surface area contributed by atoms with Gasteiger partial charge in [-0.15, -0.1) is 0 Å². The van der Waals surface area contributed by atoms with Crippen molar-refractivity contribution in [1.82, 2.24) is 15.0 Å². The number of nitrogens with zero attached hydrogens (tertiary/aromatic N) is 4. The third kappa shape index (κ3) is 4.21. The average molecular weight is 405 g/mol. The number of rotatable bonds is 7. The van der Waals surface area contributed by atoms with Crippen LogP contribution in [-0.4, -0.2) is 53.5 Å². The summed E-state index contributed by atoms with van der Waals surface area (Å²) in [7, 11) is 0. The molecule has 8 nitrogen and oxygen atoms in total. The maximum atomic E-state index is 12.7. The number of nitrogen functional groups attached to an aromatic ring is 1. The largest absolute Gasteiger partial charge is 0.501 e. The number of aromatic nitrogens is 3. The van der Waals surface area contributed by atoms with Crippen LogP contribution < -0.4 is 15.4 Å². The van der Waals surface area contributed by atoms with Gasteiger partial charge in [0.15, 0.2) is 17.4 Å². The average Bonchev–Trinajstić information content (AvgIpc) is 3.33. The van der Waals surface area contributed by atoms with Gasteiger partial charge < -0.3 is 24.8 Å². The van der Waals surface area contributed by atoms with Gasteiger partial charge in [0.2, 0.25) is 0 Å². The molecule has 4 heterocycles. The molecule has 2 aliphatic heterocycles. The first kappa shape index (κ1) is 19.3. The van der Waals surface area contributed by atoms with E-state index in [0.29, 0.717) is 30.3 Å². The number of anilines is 2. The van der Waals surface area contributed by atoms with E-state index in [0.717, 1.165) is 18.8 Å². The second-order valence-electron chi connectivity index (χ2n) is 6.71. The maximum Gasteiger partial charge on any atom is 0.387 e. The molecular weight excluding hydrogens is 384 g/mol. The van der Waals surface area contributed by atoms with Gasteiger partial charge >= 0.3 is 6.61 Å². The lowest BCUT2D eigenvalue weighted by Crippen LogP contribution is -2.37. The molecule has 2 atom stereocenters. The Morgan fingerprint density at radius 3 is 2.93 bits per heavy atom. The van der Waals surface area contributed by atoms with Crippen LogP contribution in [0.1, 0.15) is 19.2 Å². The van der Waals surface area contributed by atoms with Gasteiger partial charge in [-0.2, -0.15) is 8.78 Å². The van der Waals surface area contributed by atoms with Crippen molar-refractivity contribution in [1.29, 1.82) is 0 Å². The Labute approximate surface area is 166 Å². The van der Waals surface area contributed by atoms with Gasteiger partial charge in [0.05, 0.1) is 37.3 Å². The molecule has 10 heteroatoms. The van der Waals surface area contributed by atoms with Crippen molar-refractivity contribution < 1.29 is 23.0 Å². The molecule has 2 aromatic rings. The van der Waals surface area contributed by atoms with Gasteiger partial charge in [-0.05, 0) is 19.4 Å². The first-order valence-electron chi connectivity index (χ1n) is 9.29. The molecule has 2 N–H and O–H groups in total. The zero-order valence-electron chi connectivity index (χ0n) is 15.8. The van der Waals surface area contributed by atoms with Gasteiger partial charge in [0, 0.05) is 30.4 Å². The van der Waals surface area contributed by atoms with E-state index in [2.05, 4.69) is 24.6 Å². The first-order valence-corrected chi connectivity index (χ1v) is 9.29. The number of alkyl halides is 2. The molecule has 0 aliphatic carbocycles. The van der Waals surface area contributed by atoms with Crippen LogP contribution in [-0.2, 0) is 9.47 Å². The van der Waals surface area contributed by atoms with E-state index in [9.17, 15) is 8.78 Å². The van der Waals surface area contributed by atoms with Crippen LogP contribution in [0.3, 0.4) is 0 Å². The van der Waals surface area contributed by atoms with Gasteiger partial charge in [-0.1, -0.05) is 0 Å². The van der Waals surface area contributed by atoms with E-state index in [4.69, 9.17) is 15.2 Å². The molecule has 2 saturated heterocycles. The molecule has 0 unspecified atom stereocenters. The minimum atomic E-state index is -3.00. The smallest absolute Gasteiger partial charge is 0.387 e. The third-order valence-corrected chi connectivity index (χ3v) is 4.80. The highest BCUT2D eigenvalue weighted by Crippen LogP contribution is 2.34. The zero-order valence-corrected chi connectivity index (χ0v) is 15.8. The van der Waals surface area contributed by atoms with Crippen molar-refractivity contribution in [2.45, 2.75) is 32.1 Å². The van der Waals surface area contributed by atoms with Gasteiger partial charge in [0.25, 0.3) is 0 Å². The molecule has 0 aromatic carbocycles. The number of fused-ring (bicyclic) bond motifs is 2. The van der Waals surface area contributed by atoms with Crippen LogP contribution in [0.25, 0.3) is 17.3 Å². The summed E-state index contributed by atoms with van der Waals surface area (Å²) in [4.78, 5) is 15.3. The Morgan fingerprint density at radius 2 is 2.24 bits per heavy atom. The number of hydrogen-bond acceptors (Lipinski definition) is 8. The highest BCUT2D eigenvalue weighted by molar-refractivity contribution is 5.68. The van der Waals surface area contributed by atoms with Crippen molar-refractivity contribution in [3.63, 3.8) is 0 Å². The summed E-state index contributed by atoms with van der Waals surface area (Å²) in [6.07, 6.45) is 5.80. The molecule has 0 radical (unpaired) electrons. The van der Waals surface area contributed by atoms with Crippen molar-refractivity contribution >= 4 is 17.7 Å². The van der Waals surface area contributed by atoms with Crippen molar-refractivity contribution in [2.24, 2.45) is 0 Å². The van der Waals surface area contributed by atoms with E-state index in [-0.39, 0.29) is 23.7 Å². The lowest BCUT2D eigenvalue weighted by atomic mass is 10.2. The molecule has 0 amide bonds. The Morgan fingerprint density at radius 1 is 1.38 bits per heavy atom. The summed E-state index contributed by atoms with van der Waals surface area (Å²) < 4.78 is 40.7. The molecule has 154 valence electrons. The number of hydrogen-bond donors (Lipinski definition) is 1. The summed E-state index contributed by atoms with van der Waals surface area (Å²) in [5.41, 5.74) is 6.65. The van der Waals surface area contributed by atoms with Crippen LogP contribution in [0, 0.1) is 0 Å².